The Morgan fingerprint density at radius 2 is 1.68 bits per heavy atom. The number of carbonyl (C=O) groups is 2. The van der Waals surface area contributed by atoms with E-state index in [2.05, 4.69) is 0 Å². The summed E-state index contributed by atoms with van der Waals surface area (Å²) in [6, 6.07) is 13.3. The van der Waals surface area contributed by atoms with Gasteiger partial charge in [-0.2, -0.15) is 0 Å². The van der Waals surface area contributed by atoms with Gasteiger partial charge in [0.15, 0.2) is 0 Å². The highest BCUT2D eigenvalue weighted by Crippen LogP contribution is 2.23. The summed E-state index contributed by atoms with van der Waals surface area (Å²) in [7, 11) is 0. The van der Waals surface area contributed by atoms with Gasteiger partial charge in [-0.15, -0.1) is 0 Å². The standard InChI is InChI=1S/C15H12O4/c1-10(16)19-14-7-5-11(6-8-14)12-3-2-4-13(9-12)15(17)18/h2-9H,1H3,(H,17,18)/p-1. The first kappa shape index (κ1) is 12.8. The molecule has 0 heterocycles. The van der Waals surface area contributed by atoms with Crippen LogP contribution >= 0.6 is 0 Å². The van der Waals surface area contributed by atoms with Gasteiger partial charge in [0.05, 0.1) is 5.97 Å². The van der Waals surface area contributed by atoms with E-state index in [1.807, 2.05) is 0 Å². The van der Waals surface area contributed by atoms with Crippen LogP contribution in [0.15, 0.2) is 48.5 Å². The van der Waals surface area contributed by atoms with Crippen molar-refractivity contribution >= 4 is 11.9 Å². The summed E-state index contributed by atoms with van der Waals surface area (Å²) in [6.45, 7) is 1.33. The van der Waals surface area contributed by atoms with Crippen LogP contribution in [0.4, 0.5) is 0 Å². The van der Waals surface area contributed by atoms with Crippen molar-refractivity contribution in [3.63, 3.8) is 0 Å². The van der Waals surface area contributed by atoms with Crippen LogP contribution in [0, 0.1) is 0 Å². The Balaban J connectivity index is 2.29. The molecule has 0 amide bonds. The van der Waals surface area contributed by atoms with Crippen LogP contribution in [0.3, 0.4) is 0 Å². The summed E-state index contributed by atoms with van der Waals surface area (Å²) >= 11 is 0. The van der Waals surface area contributed by atoms with Gasteiger partial charge < -0.3 is 14.6 Å². The van der Waals surface area contributed by atoms with Crippen LogP contribution < -0.4 is 9.84 Å². The molecule has 0 aliphatic heterocycles. The lowest BCUT2D eigenvalue weighted by atomic mass is 10.0. The fraction of sp³-hybridized carbons (Fsp3) is 0.0667. The molecule has 0 saturated carbocycles. The highest BCUT2D eigenvalue weighted by Gasteiger charge is 2.02. The summed E-state index contributed by atoms with van der Waals surface area (Å²) in [6.07, 6.45) is 0. The zero-order valence-corrected chi connectivity index (χ0v) is 10.3. The Kier molecular flexibility index (Phi) is 3.61. The molecule has 0 atom stereocenters. The quantitative estimate of drug-likeness (QED) is 0.617. The maximum atomic E-state index is 10.8. The fourth-order valence-corrected chi connectivity index (χ4v) is 1.71. The first-order valence-corrected chi connectivity index (χ1v) is 5.66. The Morgan fingerprint density at radius 3 is 2.26 bits per heavy atom. The van der Waals surface area contributed by atoms with Gasteiger partial charge in [0.1, 0.15) is 5.75 Å². The van der Waals surface area contributed by atoms with E-state index in [1.54, 1.807) is 36.4 Å². The topological polar surface area (TPSA) is 66.4 Å². The van der Waals surface area contributed by atoms with Crippen LogP contribution in [-0.2, 0) is 4.79 Å². The third kappa shape index (κ3) is 3.19. The fourth-order valence-electron chi connectivity index (χ4n) is 1.71. The van der Waals surface area contributed by atoms with Gasteiger partial charge in [-0.25, -0.2) is 0 Å². The zero-order valence-electron chi connectivity index (χ0n) is 10.3. The molecule has 0 radical (unpaired) electrons. The lowest BCUT2D eigenvalue weighted by Gasteiger charge is -2.07. The van der Waals surface area contributed by atoms with E-state index in [0.717, 1.165) is 11.1 Å². The van der Waals surface area contributed by atoms with Gasteiger partial charge in [-0.3, -0.25) is 4.79 Å². The molecule has 0 saturated heterocycles. The van der Waals surface area contributed by atoms with Gasteiger partial charge in [-0.05, 0) is 34.9 Å². The SMILES string of the molecule is CC(=O)Oc1ccc(-c2cccc(C(=O)[O-])c2)cc1. The normalized spacial score (nSPS) is 9.95. The van der Waals surface area contributed by atoms with E-state index in [0.29, 0.717) is 5.75 Å². The minimum Gasteiger partial charge on any atom is -0.545 e. The Morgan fingerprint density at radius 1 is 1.00 bits per heavy atom. The number of benzene rings is 2. The molecule has 2 rings (SSSR count). The Labute approximate surface area is 110 Å². The molecule has 4 nitrogen and oxygen atoms in total. The first-order valence-electron chi connectivity index (χ1n) is 5.66. The average Bonchev–Trinajstić information content (AvgIpc) is 2.39. The van der Waals surface area contributed by atoms with E-state index >= 15 is 0 Å². The Bertz CT molecular complexity index is 614. The van der Waals surface area contributed by atoms with Crippen molar-refractivity contribution in [2.24, 2.45) is 0 Å². The van der Waals surface area contributed by atoms with Crippen molar-refractivity contribution in [2.45, 2.75) is 6.92 Å². The number of carbonyl (C=O) groups excluding carboxylic acids is 2. The van der Waals surface area contributed by atoms with E-state index in [-0.39, 0.29) is 11.5 Å². The van der Waals surface area contributed by atoms with Gasteiger partial charge in [0.25, 0.3) is 0 Å². The van der Waals surface area contributed by atoms with Gasteiger partial charge in [0.2, 0.25) is 0 Å². The molecule has 0 aliphatic carbocycles. The third-order valence-corrected chi connectivity index (χ3v) is 2.55. The largest absolute Gasteiger partial charge is 0.545 e. The molecule has 0 N–H and O–H groups in total. The predicted molar refractivity (Wildman–Crippen MR) is 67.5 cm³/mol. The number of hydrogen-bond acceptors (Lipinski definition) is 4. The zero-order chi connectivity index (χ0) is 13.8. The summed E-state index contributed by atoms with van der Waals surface area (Å²) in [4.78, 5) is 21.6. The second-order valence-corrected chi connectivity index (χ2v) is 3.99. The molecule has 96 valence electrons. The number of ether oxygens (including phenoxy) is 1. The van der Waals surface area contributed by atoms with Crippen molar-refractivity contribution < 1.29 is 19.4 Å². The van der Waals surface area contributed by atoms with E-state index in [4.69, 9.17) is 4.74 Å². The molecule has 0 bridgehead atoms. The average molecular weight is 255 g/mol. The number of rotatable bonds is 3. The molecule has 0 aliphatic rings. The lowest BCUT2D eigenvalue weighted by molar-refractivity contribution is -0.255. The lowest BCUT2D eigenvalue weighted by Crippen LogP contribution is -2.22. The molecular formula is C15H11O4-. The maximum absolute atomic E-state index is 10.8. The van der Waals surface area contributed by atoms with Crippen molar-refractivity contribution in [3.05, 3.63) is 54.1 Å². The molecule has 0 spiro atoms. The monoisotopic (exact) mass is 255 g/mol. The number of carboxylic acids is 1. The van der Waals surface area contributed by atoms with E-state index in [9.17, 15) is 14.7 Å². The van der Waals surface area contributed by atoms with Crippen LogP contribution in [0.5, 0.6) is 5.75 Å². The second-order valence-electron chi connectivity index (χ2n) is 3.99. The minimum absolute atomic E-state index is 0.126. The van der Waals surface area contributed by atoms with Crippen LogP contribution in [0.25, 0.3) is 11.1 Å². The molecule has 2 aromatic rings. The predicted octanol–water partition coefficient (Wildman–Crippen LogP) is 1.64. The second kappa shape index (κ2) is 5.35. The first-order chi connectivity index (χ1) is 9.06. The highest BCUT2D eigenvalue weighted by atomic mass is 16.5. The van der Waals surface area contributed by atoms with Crippen LogP contribution in [0.2, 0.25) is 0 Å². The molecular weight excluding hydrogens is 244 g/mol. The summed E-state index contributed by atoms with van der Waals surface area (Å²) in [5.41, 5.74) is 1.72. The highest BCUT2D eigenvalue weighted by molar-refractivity contribution is 5.87. The summed E-state index contributed by atoms with van der Waals surface area (Å²) < 4.78 is 4.92. The van der Waals surface area contributed by atoms with Crippen molar-refractivity contribution in [2.75, 3.05) is 0 Å². The number of carboxylic acid groups (broad SMARTS) is 1. The molecule has 2 aromatic carbocycles. The molecule has 0 aromatic heterocycles. The maximum Gasteiger partial charge on any atom is 0.308 e. The van der Waals surface area contributed by atoms with E-state index in [1.165, 1.54) is 19.1 Å². The smallest absolute Gasteiger partial charge is 0.308 e. The van der Waals surface area contributed by atoms with Gasteiger partial charge in [-0.1, -0.05) is 30.3 Å². The van der Waals surface area contributed by atoms with Crippen LogP contribution in [-0.4, -0.2) is 11.9 Å². The van der Waals surface area contributed by atoms with E-state index < -0.39 is 5.97 Å². The molecule has 0 unspecified atom stereocenters. The molecule has 4 heteroatoms. The number of esters is 1. The minimum atomic E-state index is -1.21. The number of hydrogen-bond donors (Lipinski definition) is 0. The van der Waals surface area contributed by atoms with Crippen molar-refractivity contribution in [3.8, 4) is 16.9 Å². The third-order valence-electron chi connectivity index (χ3n) is 2.55. The molecule has 0 fully saturated rings. The van der Waals surface area contributed by atoms with Gasteiger partial charge in [0, 0.05) is 6.92 Å². The van der Waals surface area contributed by atoms with Crippen LogP contribution in [0.1, 0.15) is 17.3 Å². The number of aromatic carboxylic acids is 1. The van der Waals surface area contributed by atoms with Crippen molar-refractivity contribution in [1.82, 2.24) is 0 Å². The van der Waals surface area contributed by atoms with Crippen molar-refractivity contribution in [1.29, 1.82) is 0 Å². The molecule has 19 heavy (non-hydrogen) atoms. The Hall–Kier alpha value is -2.62. The van der Waals surface area contributed by atoms with Gasteiger partial charge >= 0.3 is 5.97 Å². The summed E-state index contributed by atoms with van der Waals surface area (Å²) in [5, 5.41) is 10.8. The summed E-state index contributed by atoms with van der Waals surface area (Å²) in [5.74, 6) is -1.14.